The Kier molecular flexibility index (Phi) is 4.44. The topological polar surface area (TPSA) is 152 Å². The van der Waals surface area contributed by atoms with E-state index in [1.165, 1.54) is 12.1 Å². The molecule has 2 aromatic carbocycles. The monoisotopic (exact) mass is 412 g/mol. The molecule has 30 heavy (non-hydrogen) atoms. The second-order valence-corrected chi connectivity index (χ2v) is 7.75. The summed E-state index contributed by atoms with van der Waals surface area (Å²) in [5.41, 5.74) is -3.64. The molecule has 156 valence electrons. The lowest BCUT2D eigenvalue weighted by Crippen LogP contribution is -2.61. The maximum Gasteiger partial charge on any atom is 0.206 e. The number of carbonyl (C=O) groups is 3. The highest BCUT2D eigenvalue weighted by Gasteiger charge is 2.61. The van der Waals surface area contributed by atoms with Crippen LogP contribution in [0.4, 0.5) is 0 Å². The third kappa shape index (κ3) is 2.44. The van der Waals surface area contributed by atoms with E-state index in [0.717, 1.165) is 0 Å². The minimum atomic E-state index is -2.76. The highest BCUT2D eigenvalue weighted by molar-refractivity contribution is 6.25. The average Bonchev–Trinajstić information content (AvgIpc) is 2.69. The van der Waals surface area contributed by atoms with Crippen LogP contribution >= 0.6 is 0 Å². The molecule has 0 aliphatic heterocycles. The number of aromatic hydroxyl groups is 2. The molecule has 0 unspecified atom stereocenters. The summed E-state index contributed by atoms with van der Waals surface area (Å²) in [5, 5.41) is 53.7. The molecule has 0 saturated carbocycles. The van der Waals surface area contributed by atoms with Crippen LogP contribution in [0.25, 0.3) is 10.8 Å². The molecule has 2 aliphatic carbocycles. The van der Waals surface area contributed by atoms with Gasteiger partial charge in [0.15, 0.2) is 17.2 Å². The van der Waals surface area contributed by atoms with Crippen LogP contribution in [0.3, 0.4) is 0 Å². The molecule has 0 fully saturated rings. The first kappa shape index (κ1) is 20.1. The van der Waals surface area contributed by atoms with E-state index in [9.17, 15) is 39.9 Å². The Hall–Kier alpha value is -3.23. The first-order chi connectivity index (χ1) is 14.1. The van der Waals surface area contributed by atoms with Crippen LogP contribution in [-0.2, 0) is 16.0 Å². The summed E-state index contributed by atoms with van der Waals surface area (Å²) in [4.78, 5) is 38.3. The van der Waals surface area contributed by atoms with Gasteiger partial charge in [0, 0.05) is 12.3 Å². The lowest BCUT2D eigenvalue weighted by molar-refractivity contribution is -0.138. The number of rotatable bonds is 3. The standard InChI is InChI=1S/C22H20O8/c1-2-4-12(23)16-19(27)17(25)11-8-10-7-9-5-3-6-13(24)14(9)18(26)15(10)20(28)22(11,30)21(16)29/h3,5-7,11,17,24-26,29-30H,2,4,8H2,1H3/t11-,17-,22-/m0/s1. The van der Waals surface area contributed by atoms with Crippen LogP contribution in [0.2, 0.25) is 0 Å². The first-order valence-corrected chi connectivity index (χ1v) is 9.57. The van der Waals surface area contributed by atoms with Crippen LogP contribution in [0.15, 0.2) is 35.6 Å². The maximum absolute atomic E-state index is 13.3. The molecule has 0 saturated heterocycles. The molecule has 2 aliphatic rings. The molecule has 2 aromatic rings. The predicted molar refractivity (Wildman–Crippen MR) is 104 cm³/mol. The quantitative estimate of drug-likeness (QED) is 0.475. The second-order valence-electron chi connectivity index (χ2n) is 7.75. The summed E-state index contributed by atoms with van der Waals surface area (Å²) in [5.74, 6) is -6.39. The molecule has 0 amide bonds. The van der Waals surface area contributed by atoms with Crippen molar-refractivity contribution < 1.29 is 39.9 Å². The van der Waals surface area contributed by atoms with Crippen LogP contribution in [0.1, 0.15) is 35.7 Å². The molecule has 0 radical (unpaired) electrons. The van der Waals surface area contributed by atoms with Crippen molar-refractivity contribution in [2.45, 2.75) is 37.9 Å². The van der Waals surface area contributed by atoms with E-state index >= 15 is 0 Å². The zero-order valence-corrected chi connectivity index (χ0v) is 16.0. The fraction of sp³-hybridized carbons (Fsp3) is 0.318. The number of benzene rings is 2. The van der Waals surface area contributed by atoms with E-state index < -0.39 is 52.1 Å². The number of carbonyl (C=O) groups excluding carboxylic acids is 3. The molecule has 8 nitrogen and oxygen atoms in total. The molecule has 0 aromatic heterocycles. The summed E-state index contributed by atoms with van der Waals surface area (Å²) in [6.07, 6.45) is -1.87. The minimum absolute atomic E-state index is 0.00941. The number of phenolic OH excluding ortho intramolecular Hbond substituents is 2. The van der Waals surface area contributed by atoms with E-state index in [2.05, 4.69) is 0 Å². The molecule has 8 heteroatoms. The average molecular weight is 412 g/mol. The van der Waals surface area contributed by atoms with Gasteiger partial charge >= 0.3 is 0 Å². The SMILES string of the molecule is CCCC(=O)C1=C(O)[C@@]2(O)C(=O)c3c(cc4cccc(O)c4c3O)C[C@H]2[C@H](O)C1=O. The Morgan fingerprint density at radius 3 is 2.57 bits per heavy atom. The Balaban J connectivity index is 1.99. The van der Waals surface area contributed by atoms with E-state index in [1.54, 1.807) is 19.1 Å². The number of ketones is 3. The largest absolute Gasteiger partial charge is 0.508 e. The highest BCUT2D eigenvalue weighted by atomic mass is 16.4. The van der Waals surface area contributed by atoms with Crippen LogP contribution in [0.5, 0.6) is 11.5 Å². The molecule has 0 spiro atoms. The van der Waals surface area contributed by atoms with Crippen molar-refractivity contribution in [3.05, 3.63) is 46.7 Å². The van der Waals surface area contributed by atoms with Crippen molar-refractivity contribution in [3.8, 4) is 11.5 Å². The summed E-state index contributed by atoms with van der Waals surface area (Å²) in [6, 6.07) is 5.98. The lowest BCUT2D eigenvalue weighted by atomic mass is 9.62. The van der Waals surface area contributed by atoms with Crippen molar-refractivity contribution in [2.75, 3.05) is 0 Å². The van der Waals surface area contributed by atoms with Gasteiger partial charge in [-0.05, 0) is 29.9 Å². The van der Waals surface area contributed by atoms with Gasteiger partial charge in [0.05, 0.1) is 10.9 Å². The predicted octanol–water partition coefficient (Wildman–Crippen LogP) is 1.46. The van der Waals surface area contributed by atoms with Gasteiger partial charge in [0.25, 0.3) is 0 Å². The Labute approximate surface area is 170 Å². The zero-order valence-electron chi connectivity index (χ0n) is 16.0. The fourth-order valence-corrected chi connectivity index (χ4v) is 4.51. The summed E-state index contributed by atoms with van der Waals surface area (Å²) in [6.45, 7) is 1.67. The number of hydrogen-bond acceptors (Lipinski definition) is 8. The van der Waals surface area contributed by atoms with E-state index in [4.69, 9.17) is 0 Å². The first-order valence-electron chi connectivity index (χ1n) is 9.57. The smallest absolute Gasteiger partial charge is 0.206 e. The summed E-state index contributed by atoms with van der Waals surface area (Å²) < 4.78 is 0. The van der Waals surface area contributed by atoms with E-state index in [-0.39, 0.29) is 35.1 Å². The molecule has 0 bridgehead atoms. The number of hydrogen-bond donors (Lipinski definition) is 5. The molecular formula is C22H20O8. The van der Waals surface area contributed by atoms with E-state index in [1.807, 2.05) is 0 Å². The van der Waals surface area contributed by atoms with Crippen LogP contribution in [-0.4, -0.2) is 54.6 Å². The number of phenols is 2. The van der Waals surface area contributed by atoms with Gasteiger partial charge in [-0.25, -0.2) is 0 Å². The molecule has 4 rings (SSSR count). The Morgan fingerprint density at radius 2 is 1.90 bits per heavy atom. The van der Waals surface area contributed by atoms with Gasteiger partial charge in [-0.1, -0.05) is 25.1 Å². The molecule has 0 heterocycles. The van der Waals surface area contributed by atoms with Gasteiger partial charge < -0.3 is 25.5 Å². The van der Waals surface area contributed by atoms with Gasteiger partial charge in [0.1, 0.15) is 28.9 Å². The number of Topliss-reactive ketones (excluding diaryl/α,β-unsaturated/α-hetero) is 3. The van der Waals surface area contributed by atoms with Crippen LogP contribution < -0.4 is 0 Å². The summed E-state index contributed by atoms with van der Waals surface area (Å²) >= 11 is 0. The minimum Gasteiger partial charge on any atom is -0.508 e. The van der Waals surface area contributed by atoms with Gasteiger partial charge in [-0.15, -0.1) is 0 Å². The number of aliphatic hydroxyl groups excluding tert-OH is 2. The third-order valence-electron chi connectivity index (χ3n) is 6.00. The van der Waals surface area contributed by atoms with Crippen molar-refractivity contribution >= 4 is 28.1 Å². The number of fused-ring (bicyclic) bond motifs is 3. The van der Waals surface area contributed by atoms with Crippen molar-refractivity contribution in [3.63, 3.8) is 0 Å². The molecule has 3 atom stereocenters. The van der Waals surface area contributed by atoms with Gasteiger partial charge in [-0.3, -0.25) is 14.4 Å². The fourth-order valence-electron chi connectivity index (χ4n) is 4.51. The highest BCUT2D eigenvalue weighted by Crippen LogP contribution is 2.48. The van der Waals surface area contributed by atoms with Crippen molar-refractivity contribution in [2.24, 2.45) is 5.92 Å². The summed E-state index contributed by atoms with van der Waals surface area (Å²) in [7, 11) is 0. The Bertz CT molecular complexity index is 1160. The Morgan fingerprint density at radius 1 is 1.20 bits per heavy atom. The van der Waals surface area contributed by atoms with Crippen LogP contribution in [0, 0.1) is 5.92 Å². The normalized spacial score (nSPS) is 26.0. The van der Waals surface area contributed by atoms with Crippen molar-refractivity contribution in [1.29, 1.82) is 0 Å². The van der Waals surface area contributed by atoms with Gasteiger partial charge in [-0.2, -0.15) is 0 Å². The van der Waals surface area contributed by atoms with Crippen molar-refractivity contribution in [1.82, 2.24) is 0 Å². The zero-order chi connectivity index (χ0) is 22.0. The van der Waals surface area contributed by atoms with E-state index in [0.29, 0.717) is 11.8 Å². The third-order valence-corrected chi connectivity index (χ3v) is 6.00. The van der Waals surface area contributed by atoms with Gasteiger partial charge in [0.2, 0.25) is 5.78 Å². The molecule has 5 N–H and O–H groups in total. The maximum atomic E-state index is 13.3. The lowest BCUT2D eigenvalue weighted by Gasteiger charge is -2.44. The second kappa shape index (κ2) is 6.65. The molecular weight excluding hydrogens is 392 g/mol. The number of aliphatic hydroxyl groups is 3.